The van der Waals surface area contributed by atoms with Gasteiger partial charge in [0.1, 0.15) is 19.1 Å². The van der Waals surface area contributed by atoms with Gasteiger partial charge in [-0.25, -0.2) is 19.3 Å². The molecule has 3 aromatic rings. The van der Waals surface area contributed by atoms with E-state index >= 15 is 0 Å². The number of aromatic amines is 1. The molecule has 2 aliphatic rings. The minimum atomic E-state index is -4.61. The maximum absolute atomic E-state index is 13.6. The van der Waals surface area contributed by atoms with E-state index in [9.17, 15) is 28.0 Å². The molecule has 10 nitrogen and oxygen atoms in total. The molecule has 0 amide bonds. The summed E-state index contributed by atoms with van der Waals surface area (Å²) in [7, 11) is 3.38. The van der Waals surface area contributed by atoms with Crippen molar-refractivity contribution in [3.8, 4) is 6.07 Å². The Balaban J connectivity index is 1.64. The fourth-order valence-corrected chi connectivity index (χ4v) is 5.90. The third-order valence-corrected chi connectivity index (χ3v) is 8.24. The van der Waals surface area contributed by atoms with Crippen LogP contribution in [0.15, 0.2) is 58.5 Å². The number of morpholine rings is 1. The van der Waals surface area contributed by atoms with Crippen molar-refractivity contribution in [1.82, 2.24) is 14.8 Å². The van der Waals surface area contributed by atoms with Crippen molar-refractivity contribution in [2.24, 2.45) is 0 Å². The molecule has 0 spiro atoms. The number of alkyl halides is 3. The van der Waals surface area contributed by atoms with E-state index in [-0.39, 0.29) is 22.9 Å². The van der Waals surface area contributed by atoms with Crippen LogP contribution < -0.4 is 10.6 Å². The van der Waals surface area contributed by atoms with Gasteiger partial charge in [0.2, 0.25) is 5.95 Å². The van der Waals surface area contributed by atoms with E-state index in [0.717, 1.165) is 48.2 Å². The van der Waals surface area contributed by atoms with Crippen LogP contribution in [0.3, 0.4) is 0 Å². The van der Waals surface area contributed by atoms with Gasteiger partial charge in [-0.05, 0) is 54.8 Å². The Hall–Kier alpha value is -4.41. The van der Waals surface area contributed by atoms with Crippen molar-refractivity contribution in [3.05, 3.63) is 86.5 Å². The van der Waals surface area contributed by atoms with Crippen LogP contribution in [-0.4, -0.2) is 72.2 Å². The predicted molar refractivity (Wildman–Crippen MR) is 150 cm³/mol. The van der Waals surface area contributed by atoms with E-state index < -0.39 is 29.4 Å². The molecule has 1 fully saturated rings. The first-order valence-electron chi connectivity index (χ1n) is 13.8. The van der Waals surface area contributed by atoms with Gasteiger partial charge < -0.3 is 14.0 Å². The summed E-state index contributed by atoms with van der Waals surface area (Å²) in [5.41, 5.74) is 0.615. The highest BCUT2D eigenvalue weighted by atomic mass is 19.4. The first kappa shape index (κ1) is 30.1. The van der Waals surface area contributed by atoms with E-state index in [0.29, 0.717) is 30.8 Å². The fraction of sp³-hybridized carbons (Fsp3) is 0.400. The van der Waals surface area contributed by atoms with Crippen molar-refractivity contribution in [2.45, 2.75) is 32.0 Å². The van der Waals surface area contributed by atoms with Gasteiger partial charge in [0, 0.05) is 17.8 Å². The highest BCUT2D eigenvalue weighted by Crippen LogP contribution is 2.43. The summed E-state index contributed by atoms with van der Waals surface area (Å²) in [6.07, 6.45) is -3.28. The number of carbonyl (C=O) groups is 1. The summed E-state index contributed by atoms with van der Waals surface area (Å²) in [4.78, 5) is 28.0. The van der Waals surface area contributed by atoms with Crippen molar-refractivity contribution >= 4 is 17.6 Å². The van der Waals surface area contributed by atoms with Crippen LogP contribution in [0.2, 0.25) is 0 Å². The van der Waals surface area contributed by atoms with Gasteiger partial charge in [-0.2, -0.15) is 18.4 Å². The second kappa shape index (κ2) is 11.7. The van der Waals surface area contributed by atoms with E-state index in [4.69, 9.17) is 9.47 Å². The van der Waals surface area contributed by atoms with Gasteiger partial charge in [0.05, 0.1) is 56.7 Å². The van der Waals surface area contributed by atoms with Crippen molar-refractivity contribution in [3.63, 3.8) is 0 Å². The highest BCUT2D eigenvalue weighted by molar-refractivity contribution is 5.93. The molecule has 0 saturated carbocycles. The number of ether oxygens (including phenoxy) is 2. The number of aryl methyl sites for hydroxylation is 1. The molecule has 1 atom stereocenters. The molecule has 3 heterocycles. The monoisotopic (exact) mass is 597 g/mol. The molecule has 0 bridgehead atoms. The number of carbonyl (C=O) groups excluding carboxylic acids is 1. The number of nitriles is 1. The number of hydrogen-bond donors (Lipinski definition) is 1. The number of nitrogens with one attached hydrogen (secondary N) is 1. The molecular weight excluding hydrogens is 565 g/mol. The predicted octanol–water partition coefficient (Wildman–Crippen LogP) is 4.06. The standard InChI is InChI=1S/C30H31F3N6O4/c1-19-25(27(40)42-3)26(24-10-9-20(18-34)16-21(24)6-5-11-39(2)12-14-43-15-13-39)38-28(35-36-29(38)41)37(19)23-8-4-7-22(17-23)30(31,32)33/h4,7-10,16-17,26H,5-6,11-15H2,1-3H3/p+1. The number of quaternary nitrogens is 1. The number of fused-ring (bicyclic) bond motifs is 1. The van der Waals surface area contributed by atoms with Crippen LogP contribution in [0.5, 0.6) is 0 Å². The van der Waals surface area contributed by atoms with Crippen molar-refractivity contribution in [2.75, 3.05) is 51.9 Å². The van der Waals surface area contributed by atoms with Gasteiger partial charge in [-0.15, -0.1) is 5.10 Å². The van der Waals surface area contributed by atoms with Crippen LogP contribution in [0.4, 0.5) is 24.8 Å². The molecule has 43 heavy (non-hydrogen) atoms. The van der Waals surface area contributed by atoms with E-state index in [1.807, 2.05) is 0 Å². The molecular formula is C30H32F3N6O4+. The average Bonchev–Trinajstić information content (AvgIpc) is 3.36. The smallest absolute Gasteiger partial charge is 0.416 e. The molecule has 226 valence electrons. The lowest BCUT2D eigenvalue weighted by molar-refractivity contribution is -0.917. The van der Waals surface area contributed by atoms with Crippen LogP contribution in [-0.2, 0) is 26.9 Å². The normalized spacial score (nSPS) is 18.3. The minimum Gasteiger partial charge on any atom is -0.466 e. The Bertz CT molecular complexity index is 1660. The number of esters is 1. The van der Waals surface area contributed by atoms with Crippen LogP contribution in [0, 0.1) is 11.3 Å². The molecule has 1 aromatic heterocycles. The summed E-state index contributed by atoms with van der Waals surface area (Å²) in [6.45, 7) is 5.60. The third-order valence-electron chi connectivity index (χ3n) is 8.24. The Morgan fingerprint density at radius 1 is 1.23 bits per heavy atom. The average molecular weight is 598 g/mol. The Labute approximate surface area is 246 Å². The number of allylic oxidation sites excluding steroid dienone is 1. The number of aromatic nitrogens is 3. The molecule has 1 unspecified atom stereocenters. The molecule has 1 N–H and O–H groups in total. The number of benzene rings is 2. The fourth-order valence-electron chi connectivity index (χ4n) is 5.90. The molecule has 0 aliphatic carbocycles. The van der Waals surface area contributed by atoms with Crippen molar-refractivity contribution in [1.29, 1.82) is 5.26 Å². The van der Waals surface area contributed by atoms with E-state index in [1.165, 1.54) is 28.7 Å². The van der Waals surface area contributed by atoms with Gasteiger partial charge in [-0.3, -0.25) is 4.90 Å². The van der Waals surface area contributed by atoms with Gasteiger partial charge in [0.15, 0.2) is 0 Å². The van der Waals surface area contributed by atoms with Crippen molar-refractivity contribution < 1.29 is 31.9 Å². The van der Waals surface area contributed by atoms with E-state index in [1.54, 1.807) is 25.1 Å². The highest BCUT2D eigenvalue weighted by Gasteiger charge is 2.41. The number of halogens is 3. The van der Waals surface area contributed by atoms with Gasteiger partial charge in [-0.1, -0.05) is 12.1 Å². The largest absolute Gasteiger partial charge is 0.466 e. The second-order valence-electron chi connectivity index (χ2n) is 11.0. The Morgan fingerprint density at radius 2 is 1.98 bits per heavy atom. The van der Waals surface area contributed by atoms with Crippen LogP contribution in [0.25, 0.3) is 0 Å². The Morgan fingerprint density at radius 3 is 2.65 bits per heavy atom. The van der Waals surface area contributed by atoms with Crippen LogP contribution in [0.1, 0.15) is 41.6 Å². The minimum absolute atomic E-state index is 0.0150. The number of methoxy groups -OCH3 is 1. The second-order valence-corrected chi connectivity index (χ2v) is 11.0. The SMILES string of the molecule is COC(=O)C1=C(C)N(c2cccc(C(F)(F)F)c2)c2n[nH]c(=O)n2C1c1ccc(C#N)cc1CCC[N+]1(C)CCOCC1. The Kier molecular flexibility index (Phi) is 8.18. The lowest BCUT2D eigenvalue weighted by atomic mass is 9.88. The number of nitrogens with zero attached hydrogens (tertiary/aromatic N) is 5. The first-order valence-corrected chi connectivity index (χ1v) is 13.8. The number of H-pyrrole nitrogens is 1. The first-order chi connectivity index (χ1) is 20.5. The molecule has 5 rings (SSSR count). The zero-order valence-corrected chi connectivity index (χ0v) is 24.1. The molecule has 13 heteroatoms. The summed E-state index contributed by atoms with van der Waals surface area (Å²) in [5.74, 6) is -0.735. The zero-order valence-electron chi connectivity index (χ0n) is 24.1. The third kappa shape index (κ3) is 5.80. The van der Waals surface area contributed by atoms with Gasteiger partial charge in [0.25, 0.3) is 0 Å². The number of hydrogen-bond acceptors (Lipinski definition) is 7. The maximum atomic E-state index is 13.6. The zero-order chi connectivity index (χ0) is 30.9. The summed E-state index contributed by atoms with van der Waals surface area (Å²) in [5, 5.41) is 16.2. The number of likely N-dealkylation sites (N-methyl/N-ethyl adjacent to an activating group) is 1. The summed E-state index contributed by atoms with van der Waals surface area (Å²) < 4.78 is 53.6. The summed E-state index contributed by atoms with van der Waals surface area (Å²) >= 11 is 0. The van der Waals surface area contributed by atoms with Crippen LogP contribution >= 0.6 is 0 Å². The van der Waals surface area contributed by atoms with E-state index in [2.05, 4.69) is 23.3 Å². The molecule has 0 radical (unpaired) electrons. The maximum Gasteiger partial charge on any atom is 0.416 e. The molecule has 1 saturated heterocycles. The topological polar surface area (TPSA) is 113 Å². The number of rotatable bonds is 7. The lowest BCUT2D eigenvalue weighted by Gasteiger charge is -2.38. The molecule has 2 aromatic carbocycles. The lowest BCUT2D eigenvalue weighted by Crippen LogP contribution is -2.52. The molecule has 2 aliphatic heterocycles. The summed E-state index contributed by atoms with van der Waals surface area (Å²) in [6, 6.07) is 10.8. The number of anilines is 2. The van der Waals surface area contributed by atoms with Gasteiger partial charge >= 0.3 is 17.8 Å². The quantitative estimate of drug-likeness (QED) is 0.323.